The molecule has 3 saturated heterocycles. The largest absolute Gasteiger partial charge is 0.465 e. The number of esters is 1. The smallest absolute Gasteiger partial charge is 0.312 e. The molecule has 4 fully saturated rings. The molecule has 3 heterocycles. The summed E-state index contributed by atoms with van der Waals surface area (Å²) in [5.74, 6) is -2.30. The summed E-state index contributed by atoms with van der Waals surface area (Å²) in [6.45, 7) is 13.9. The molecule has 4 aliphatic rings. The molecule has 1 spiro atoms. The van der Waals surface area contributed by atoms with Gasteiger partial charge in [0.1, 0.15) is 17.6 Å². The van der Waals surface area contributed by atoms with E-state index in [1.54, 1.807) is 17.1 Å². The van der Waals surface area contributed by atoms with Gasteiger partial charge in [-0.1, -0.05) is 45.3 Å². The van der Waals surface area contributed by atoms with Crippen molar-refractivity contribution in [3.05, 3.63) is 25.3 Å². The van der Waals surface area contributed by atoms with Crippen molar-refractivity contribution < 1.29 is 29.0 Å². The van der Waals surface area contributed by atoms with Gasteiger partial charge >= 0.3 is 5.97 Å². The first-order valence-electron chi connectivity index (χ1n) is 14.5. The molecule has 38 heavy (non-hydrogen) atoms. The highest BCUT2D eigenvalue weighted by atomic mass is 16.6. The van der Waals surface area contributed by atoms with Crippen LogP contribution in [0.5, 0.6) is 0 Å². The third-order valence-corrected chi connectivity index (χ3v) is 9.24. The fraction of sp³-hybridized carbons (Fsp3) is 0.767. The maximum Gasteiger partial charge on any atom is 0.312 e. The minimum absolute atomic E-state index is 0.0770. The molecule has 4 rings (SSSR count). The monoisotopic (exact) mass is 530 g/mol. The van der Waals surface area contributed by atoms with Gasteiger partial charge in [-0.3, -0.25) is 14.4 Å². The first-order chi connectivity index (χ1) is 18.1. The number of aliphatic hydroxyl groups is 1. The number of fused-ring (bicyclic) bond motifs is 1. The maximum absolute atomic E-state index is 14.6. The predicted octanol–water partition coefficient (Wildman–Crippen LogP) is 3.62. The lowest BCUT2D eigenvalue weighted by molar-refractivity contribution is -0.162. The van der Waals surface area contributed by atoms with E-state index in [0.29, 0.717) is 32.2 Å². The van der Waals surface area contributed by atoms with Crippen LogP contribution in [0.1, 0.15) is 78.6 Å². The van der Waals surface area contributed by atoms with Crippen molar-refractivity contribution in [1.82, 2.24) is 9.80 Å². The minimum atomic E-state index is -1.12. The molecule has 212 valence electrons. The normalized spacial score (nSPS) is 33.3. The molecular formula is C30H46N2O6. The molecule has 0 aromatic heterocycles. The Morgan fingerprint density at radius 1 is 1.21 bits per heavy atom. The highest BCUT2D eigenvalue weighted by molar-refractivity contribution is 5.98. The number of rotatable bonds is 12. The van der Waals surface area contributed by atoms with Gasteiger partial charge in [-0.15, -0.1) is 13.2 Å². The van der Waals surface area contributed by atoms with Crippen molar-refractivity contribution in [2.45, 2.75) is 108 Å². The molecule has 1 aliphatic carbocycles. The second-order valence-corrected chi connectivity index (χ2v) is 12.3. The molecule has 0 radical (unpaired) electrons. The van der Waals surface area contributed by atoms with Crippen molar-refractivity contribution in [2.75, 3.05) is 19.8 Å². The lowest BCUT2D eigenvalue weighted by Gasteiger charge is -2.42. The van der Waals surface area contributed by atoms with E-state index in [9.17, 15) is 19.5 Å². The zero-order valence-electron chi connectivity index (χ0n) is 23.4. The predicted molar refractivity (Wildman–Crippen MR) is 144 cm³/mol. The van der Waals surface area contributed by atoms with Crippen LogP contribution in [0.4, 0.5) is 0 Å². The van der Waals surface area contributed by atoms with Crippen LogP contribution in [0.25, 0.3) is 0 Å². The molecule has 2 amide bonds. The average Bonchev–Trinajstić information content (AvgIpc) is 3.46. The van der Waals surface area contributed by atoms with Gasteiger partial charge in [-0.25, -0.2) is 0 Å². The van der Waals surface area contributed by atoms with Crippen LogP contribution >= 0.6 is 0 Å². The molecular weight excluding hydrogens is 484 g/mol. The van der Waals surface area contributed by atoms with Gasteiger partial charge in [0.25, 0.3) is 0 Å². The summed E-state index contributed by atoms with van der Waals surface area (Å²) >= 11 is 0. The fourth-order valence-electron chi connectivity index (χ4n) is 7.65. The Hall–Kier alpha value is -2.19. The van der Waals surface area contributed by atoms with Crippen LogP contribution < -0.4 is 0 Å². The van der Waals surface area contributed by atoms with Gasteiger partial charge in [0, 0.05) is 12.6 Å². The van der Waals surface area contributed by atoms with Gasteiger partial charge in [0.2, 0.25) is 11.8 Å². The number of carbonyl (C=O) groups is 3. The standard InChI is InChI=1S/C30H46N2O6/c1-6-8-17-37-28(36)24-23-26(34)32(22(19-33)18-20(3)4)25(30(23)15-14-29(24,5)38-30)27(35)31(16-7-2)21-12-10-9-11-13-21/h6-7,20-25,33H,1-2,8-19H2,3-5H3/t22-,23+,24+,25?,29-,30?/m1/s1. The summed E-state index contributed by atoms with van der Waals surface area (Å²) in [7, 11) is 0. The number of likely N-dealkylation sites (tertiary alicyclic amines) is 1. The number of ether oxygens (including phenoxy) is 2. The van der Waals surface area contributed by atoms with E-state index in [1.165, 1.54) is 0 Å². The molecule has 2 unspecified atom stereocenters. The summed E-state index contributed by atoms with van der Waals surface area (Å²) in [5.41, 5.74) is -2.00. The number of amides is 2. The third-order valence-electron chi connectivity index (χ3n) is 9.24. The lowest BCUT2D eigenvalue weighted by Crippen LogP contribution is -2.60. The molecule has 1 N–H and O–H groups in total. The van der Waals surface area contributed by atoms with Gasteiger partial charge in [0.05, 0.1) is 30.8 Å². The Labute approximate surface area is 227 Å². The molecule has 3 aliphatic heterocycles. The summed E-state index contributed by atoms with van der Waals surface area (Å²) in [4.78, 5) is 45.8. The van der Waals surface area contributed by atoms with E-state index in [1.807, 2.05) is 25.7 Å². The first kappa shape index (κ1) is 28.8. The first-order valence-corrected chi connectivity index (χ1v) is 14.5. The quantitative estimate of drug-likeness (QED) is 0.235. The van der Waals surface area contributed by atoms with Gasteiger partial charge in [-0.2, -0.15) is 0 Å². The Bertz CT molecular complexity index is 930. The van der Waals surface area contributed by atoms with Crippen molar-refractivity contribution in [3.8, 4) is 0 Å². The summed E-state index contributed by atoms with van der Waals surface area (Å²) in [6, 6.07) is -1.36. The molecule has 6 atom stereocenters. The number of carbonyl (C=O) groups excluding carboxylic acids is 3. The average molecular weight is 531 g/mol. The van der Waals surface area contributed by atoms with Crippen LogP contribution in [0.3, 0.4) is 0 Å². The van der Waals surface area contributed by atoms with Crippen LogP contribution in [-0.2, 0) is 23.9 Å². The maximum atomic E-state index is 14.6. The Balaban J connectivity index is 1.77. The Morgan fingerprint density at radius 2 is 1.92 bits per heavy atom. The Kier molecular flexibility index (Phi) is 8.72. The van der Waals surface area contributed by atoms with Gasteiger partial charge in [0.15, 0.2) is 0 Å². The third kappa shape index (κ3) is 4.83. The zero-order valence-corrected chi connectivity index (χ0v) is 23.4. The number of aliphatic hydroxyl groups excluding tert-OH is 1. The number of nitrogens with zero attached hydrogens (tertiary/aromatic N) is 2. The molecule has 1 saturated carbocycles. The van der Waals surface area contributed by atoms with E-state index in [0.717, 1.165) is 32.1 Å². The molecule has 0 aromatic rings. The molecule has 8 heteroatoms. The SMILES string of the molecule is C=CCCOC(=O)[C@@H]1[C@H]2C(=O)N([C@@H](CO)CC(C)C)C(C(=O)N(CC=C)C3CCCCC3)C23CC[C@@]1(C)O3. The second kappa shape index (κ2) is 11.5. The van der Waals surface area contributed by atoms with Crippen molar-refractivity contribution in [2.24, 2.45) is 17.8 Å². The summed E-state index contributed by atoms with van der Waals surface area (Å²) < 4.78 is 12.3. The minimum Gasteiger partial charge on any atom is -0.465 e. The highest BCUT2D eigenvalue weighted by Crippen LogP contribution is 2.64. The van der Waals surface area contributed by atoms with E-state index >= 15 is 0 Å². The van der Waals surface area contributed by atoms with Crippen LogP contribution in [0.15, 0.2) is 25.3 Å². The van der Waals surface area contributed by atoms with E-state index in [-0.39, 0.29) is 37.0 Å². The number of hydrogen-bond donors (Lipinski definition) is 1. The lowest BCUT2D eigenvalue weighted by atomic mass is 9.66. The second-order valence-electron chi connectivity index (χ2n) is 12.3. The van der Waals surface area contributed by atoms with Crippen molar-refractivity contribution in [1.29, 1.82) is 0 Å². The molecule has 8 nitrogen and oxygen atoms in total. The molecule has 0 aromatic carbocycles. The molecule has 2 bridgehead atoms. The summed E-state index contributed by atoms with van der Waals surface area (Å²) in [5, 5.41) is 10.5. The summed E-state index contributed by atoms with van der Waals surface area (Å²) in [6.07, 6.45) is 10.7. The highest BCUT2D eigenvalue weighted by Gasteiger charge is 2.79. The van der Waals surface area contributed by atoms with Crippen molar-refractivity contribution in [3.63, 3.8) is 0 Å². The Morgan fingerprint density at radius 3 is 2.53 bits per heavy atom. The van der Waals surface area contributed by atoms with E-state index in [4.69, 9.17) is 9.47 Å². The van der Waals surface area contributed by atoms with E-state index < -0.39 is 41.1 Å². The van der Waals surface area contributed by atoms with Crippen molar-refractivity contribution >= 4 is 17.8 Å². The van der Waals surface area contributed by atoms with Gasteiger partial charge in [-0.05, 0) is 51.4 Å². The van der Waals surface area contributed by atoms with E-state index in [2.05, 4.69) is 13.2 Å². The van der Waals surface area contributed by atoms with Crippen LogP contribution in [0, 0.1) is 17.8 Å². The zero-order chi connectivity index (χ0) is 27.7. The topological polar surface area (TPSA) is 96.4 Å². The van der Waals surface area contributed by atoms with Crippen LogP contribution in [-0.4, -0.2) is 81.8 Å². The fourth-order valence-corrected chi connectivity index (χ4v) is 7.65. The van der Waals surface area contributed by atoms with Crippen LogP contribution in [0.2, 0.25) is 0 Å². The number of hydrogen-bond acceptors (Lipinski definition) is 6. The van der Waals surface area contributed by atoms with Gasteiger partial charge < -0.3 is 24.4 Å².